The minimum absolute atomic E-state index is 0.155. The molecule has 84 valence electrons. The summed E-state index contributed by atoms with van der Waals surface area (Å²) in [5, 5.41) is 0. The second-order valence-corrected chi connectivity index (χ2v) is 7.43. The van der Waals surface area contributed by atoms with Crippen LogP contribution in [0.1, 0.15) is 19.4 Å². The highest BCUT2D eigenvalue weighted by Gasteiger charge is 2.27. The van der Waals surface area contributed by atoms with Crippen molar-refractivity contribution in [3.05, 3.63) is 34.3 Å². The van der Waals surface area contributed by atoms with Crippen molar-refractivity contribution in [3.63, 3.8) is 0 Å². The Morgan fingerprint density at radius 3 is 2.27 bits per heavy atom. The second-order valence-electron chi connectivity index (χ2n) is 4.43. The molecule has 0 unspecified atom stereocenters. The molecule has 0 aliphatic heterocycles. The lowest BCUT2D eigenvalue weighted by molar-refractivity contribution is 0.551. The van der Waals surface area contributed by atoms with Crippen molar-refractivity contribution >= 4 is 25.8 Å². The quantitative estimate of drug-likeness (QED) is 0.858. The van der Waals surface area contributed by atoms with E-state index in [1.54, 1.807) is 0 Å². The number of halogens is 1. The van der Waals surface area contributed by atoms with Crippen LogP contribution in [0.2, 0.25) is 0 Å². The molecule has 15 heavy (non-hydrogen) atoms. The molecule has 0 amide bonds. The first-order valence-corrected chi connectivity index (χ1v) is 7.50. The number of hydrogen-bond donors (Lipinski definition) is 0. The van der Waals surface area contributed by atoms with Crippen molar-refractivity contribution in [2.24, 2.45) is 0 Å². The van der Waals surface area contributed by atoms with E-state index in [-0.39, 0.29) is 11.2 Å². The molecule has 2 nitrogen and oxygen atoms in total. The molecule has 0 N–H and O–H groups in total. The molecule has 0 spiro atoms. The van der Waals surface area contributed by atoms with Crippen molar-refractivity contribution in [1.29, 1.82) is 0 Å². The second kappa shape index (κ2) is 4.26. The smallest absolute Gasteiger partial charge is 0.148 e. The van der Waals surface area contributed by atoms with E-state index < -0.39 is 9.84 Å². The molecule has 4 heteroatoms. The third kappa shape index (κ3) is 3.61. The van der Waals surface area contributed by atoms with Crippen LogP contribution in [0.15, 0.2) is 28.7 Å². The Morgan fingerprint density at radius 1 is 1.27 bits per heavy atom. The van der Waals surface area contributed by atoms with Crippen LogP contribution in [0.5, 0.6) is 0 Å². The van der Waals surface area contributed by atoms with Crippen LogP contribution in [-0.2, 0) is 15.3 Å². The standard InChI is InChI=1S/C11H15BrO2S/c1-11(2,8-15(3,13)14)9-6-4-5-7-10(9)12/h4-7H,8H2,1-3H3. The Morgan fingerprint density at radius 2 is 1.80 bits per heavy atom. The van der Waals surface area contributed by atoms with Gasteiger partial charge in [-0.25, -0.2) is 8.42 Å². The molecule has 0 heterocycles. The highest BCUT2D eigenvalue weighted by Crippen LogP contribution is 2.30. The zero-order valence-electron chi connectivity index (χ0n) is 9.12. The fraction of sp³-hybridized carbons (Fsp3) is 0.455. The molecular formula is C11H15BrO2S. The average Bonchev–Trinajstić information content (AvgIpc) is 1.99. The summed E-state index contributed by atoms with van der Waals surface area (Å²) in [6.07, 6.45) is 1.27. The SMILES string of the molecule is CC(C)(CS(C)(=O)=O)c1ccccc1Br. The minimum Gasteiger partial charge on any atom is -0.229 e. The number of sulfone groups is 1. The van der Waals surface area contributed by atoms with Crippen molar-refractivity contribution in [1.82, 2.24) is 0 Å². The normalized spacial score (nSPS) is 12.8. The predicted molar refractivity (Wildman–Crippen MR) is 66.9 cm³/mol. The van der Waals surface area contributed by atoms with Gasteiger partial charge in [-0.05, 0) is 11.6 Å². The van der Waals surface area contributed by atoms with Gasteiger partial charge in [0.25, 0.3) is 0 Å². The van der Waals surface area contributed by atoms with Crippen LogP contribution in [0, 0.1) is 0 Å². The van der Waals surface area contributed by atoms with E-state index in [1.165, 1.54) is 6.26 Å². The molecule has 0 saturated carbocycles. The molecular weight excluding hydrogens is 276 g/mol. The van der Waals surface area contributed by atoms with Gasteiger partial charge in [0.05, 0.1) is 5.75 Å². The zero-order chi connectivity index (χ0) is 11.7. The van der Waals surface area contributed by atoms with Gasteiger partial charge in [-0.3, -0.25) is 0 Å². The Balaban J connectivity index is 3.12. The lowest BCUT2D eigenvalue weighted by Gasteiger charge is -2.25. The van der Waals surface area contributed by atoms with E-state index in [2.05, 4.69) is 15.9 Å². The monoisotopic (exact) mass is 290 g/mol. The van der Waals surface area contributed by atoms with Gasteiger partial charge in [-0.1, -0.05) is 48.0 Å². The molecule has 0 radical (unpaired) electrons. The average molecular weight is 291 g/mol. The summed E-state index contributed by atoms with van der Waals surface area (Å²) < 4.78 is 23.6. The van der Waals surface area contributed by atoms with Crippen LogP contribution < -0.4 is 0 Å². The maximum absolute atomic E-state index is 11.3. The Hall–Kier alpha value is -0.350. The maximum atomic E-state index is 11.3. The Bertz CT molecular complexity index is 449. The molecule has 0 aliphatic rings. The Kier molecular flexibility index (Phi) is 3.61. The molecule has 0 fully saturated rings. The molecule has 0 bridgehead atoms. The molecule has 1 aromatic rings. The first-order valence-electron chi connectivity index (χ1n) is 4.65. The molecule has 1 rings (SSSR count). The third-order valence-corrected chi connectivity index (χ3v) is 4.16. The summed E-state index contributed by atoms with van der Waals surface area (Å²) in [6.45, 7) is 3.88. The Labute approximate surface area is 99.7 Å². The van der Waals surface area contributed by atoms with E-state index in [0.29, 0.717) is 0 Å². The van der Waals surface area contributed by atoms with Crippen LogP contribution in [0.4, 0.5) is 0 Å². The summed E-state index contributed by atoms with van der Waals surface area (Å²) in [6, 6.07) is 7.73. The topological polar surface area (TPSA) is 34.1 Å². The maximum Gasteiger partial charge on any atom is 0.148 e. The highest BCUT2D eigenvalue weighted by molar-refractivity contribution is 9.10. The molecule has 1 aromatic carbocycles. The van der Waals surface area contributed by atoms with E-state index in [4.69, 9.17) is 0 Å². The summed E-state index contributed by atoms with van der Waals surface area (Å²) in [7, 11) is -2.97. The summed E-state index contributed by atoms with van der Waals surface area (Å²) in [5.41, 5.74) is 0.656. The van der Waals surface area contributed by atoms with Crippen LogP contribution in [0.25, 0.3) is 0 Å². The van der Waals surface area contributed by atoms with E-state index in [1.807, 2.05) is 38.1 Å². The van der Waals surface area contributed by atoms with Crippen molar-refractivity contribution in [2.45, 2.75) is 19.3 Å². The highest BCUT2D eigenvalue weighted by atomic mass is 79.9. The van der Waals surface area contributed by atoms with Crippen LogP contribution in [0.3, 0.4) is 0 Å². The van der Waals surface area contributed by atoms with Crippen LogP contribution in [-0.4, -0.2) is 20.4 Å². The fourth-order valence-corrected chi connectivity index (χ4v) is 4.03. The molecule has 0 saturated heterocycles. The zero-order valence-corrected chi connectivity index (χ0v) is 11.5. The first-order chi connectivity index (χ1) is 6.72. The van der Waals surface area contributed by atoms with E-state index >= 15 is 0 Å². The molecule has 0 aromatic heterocycles. The summed E-state index contributed by atoms with van der Waals surface area (Å²) in [5.74, 6) is 0.155. The largest absolute Gasteiger partial charge is 0.229 e. The number of benzene rings is 1. The predicted octanol–water partition coefficient (Wildman–Crippen LogP) is 2.77. The van der Waals surface area contributed by atoms with Gasteiger partial charge < -0.3 is 0 Å². The van der Waals surface area contributed by atoms with Gasteiger partial charge in [0, 0.05) is 16.1 Å². The van der Waals surface area contributed by atoms with Gasteiger partial charge in [0.2, 0.25) is 0 Å². The van der Waals surface area contributed by atoms with Gasteiger partial charge in [0.1, 0.15) is 9.84 Å². The van der Waals surface area contributed by atoms with Gasteiger partial charge in [-0.15, -0.1) is 0 Å². The molecule has 0 aliphatic carbocycles. The lowest BCUT2D eigenvalue weighted by atomic mass is 9.87. The van der Waals surface area contributed by atoms with Gasteiger partial charge >= 0.3 is 0 Å². The van der Waals surface area contributed by atoms with Crippen molar-refractivity contribution in [3.8, 4) is 0 Å². The van der Waals surface area contributed by atoms with Crippen LogP contribution >= 0.6 is 15.9 Å². The van der Waals surface area contributed by atoms with E-state index in [9.17, 15) is 8.42 Å². The van der Waals surface area contributed by atoms with Gasteiger partial charge in [-0.2, -0.15) is 0 Å². The fourth-order valence-electron chi connectivity index (χ4n) is 1.74. The van der Waals surface area contributed by atoms with E-state index in [0.717, 1.165) is 10.0 Å². The number of rotatable bonds is 3. The minimum atomic E-state index is -2.97. The summed E-state index contributed by atoms with van der Waals surface area (Å²) in [4.78, 5) is 0. The van der Waals surface area contributed by atoms with Crippen molar-refractivity contribution < 1.29 is 8.42 Å². The first kappa shape index (κ1) is 12.7. The lowest BCUT2D eigenvalue weighted by Crippen LogP contribution is -2.28. The third-order valence-electron chi connectivity index (χ3n) is 2.23. The number of hydrogen-bond acceptors (Lipinski definition) is 2. The summed E-state index contributed by atoms with van der Waals surface area (Å²) >= 11 is 3.44. The van der Waals surface area contributed by atoms with Gasteiger partial charge in [0.15, 0.2) is 0 Å². The molecule has 0 atom stereocenters. The van der Waals surface area contributed by atoms with Crippen molar-refractivity contribution in [2.75, 3.05) is 12.0 Å².